The molecule has 16 heteroatoms. The van der Waals surface area contributed by atoms with Crippen molar-refractivity contribution in [2.24, 2.45) is 104 Å². The summed E-state index contributed by atoms with van der Waals surface area (Å²) in [5, 5.41) is 80.7. The van der Waals surface area contributed by atoms with Gasteiger partial charge < -0.3 is 63.4 Å². The molecule has 82 heavy (non-hydrogen) atoms. The summed E-state index contributed by atoms with van der Waals surface area (Å²) in [6.45, 7) is 14.5. The minimum absolute atomic E-state index is 0.000656. The van der Waals surface area contributed by atoms with Crippen LogP contribution in [0.1, 0.15) is 196 Å². The van der Waals surface area contributed by atoms with Crippen LogP contribution in [0.15, 0.2) is 24.3 Å². The summed E-state index contributed by atoms with van der Waals surface area (Å²) in [6.07, 6.45) is 14.0. The number of fused-ring (bicyclic) bond motifs is 10. The van der Waals surface area contributed by atoms with Gasteiger partial charge in [-0.05, 0) is 271 Å². The second-order valence-corrected chi connectivity index (χ2v) is 29.4. The molecule has 0 bridgehead atoms. The van der Waals surface area contributed by atoms with E-state index in [1.165, 1.54) is 0 Å². The Kier molecular flexibility index (Phi) is 20.1. The lowest BCUT2D eigenvalue weighted by atomic mass is 9.43. The van der Waals surface area contributed by atoms with E-state index in [9.17, 15) is 49.8 Å². The van der Waals surface area contributed by atoms with Gasteiger partial charge in [-0.1, -0.05) is 41.5 Å². The fourth-order valence-electron chi connectivity index (χ4n) is 20.5. The van der Waals surface area contributed by atoms with E-state index in [1.807, 2.05) is 0 Å². The number of unbranched alkanes of at least 4 members (excludes halogenated alkanes) is 2. The van der Waals surface area contributed by atoms with Gasteiger partial charge in [-0.25, -0.2) is 0 Å². The van der Waals surface area contributed by atoms with E-state index < -0.39 is 36.5 Å². The highest BCUT2D eigenvalue weighted by molar-refractivity contribution is 5.99. The quantitative estimate of drug-likeness (QED) is 0.0502. The van der Waals surface area contributed by atoms with Gasteiger partial charge in [-0.3, -0.25) is 19.2 Å². The van der Waals surface area contributed by atoms with E-state index in [2.05, 4.69) is 62.8 Å². The molecule has 0 heterocycles. The van der Waals surface area contributed by atoms with E-state index in [1.54, 1.807) is 24.3 Å². The third-order valence-corrected chi connectivity index (χ3v) is 25.3. The Morgan fingerprint density at radius 2 is 0.890 bits per heavy atom. The van der Waals surface area contributed by atoms with Crippen molar-refractivity contribution < 1.29 is 49.8 Å². The van der Waals surface area contributed by atoms with Crippen LogP contribution in [-0.4, -0.2) is 116 Å². The van der Waals surface area contributed by atoms with Crippen LogP contribution in [0.25, 0.3) is 0 Å². The highest BCUT2D eigenvalue weighted by atomic mass is 16.3. The molecule has 14 N–H and O–H groups in total. The first kappa shape index (κ1) is 63.3. The van der Waals surface area contributed by atoms with Crippen molar-refractivity contribution in [3.05, 3.63) is 24.3 Å². The maximum Gasteiger partial charge on any atom is 0.246 e. The molecule has 1 aromatic rings. The lowest BCUT2D eigenvalue weighted by Crippen LogP contribution is -2.62. The Balaban J connectivity index is 0.753. The summed E-state index contributed by atoms with van der Waals surface area (Å²) in [7, 11) is 0. The van der Waals surface area contributed by atoms with E-state index >= 15 is 0 Å². The van der Waals surface area contributed by atoms with E-state index in [-0.39, 0.29) is 141 Å². The number of carbonyl (C=O) groups excluding carboxylic acids is 4. The predicted molar refractivity (Wildman–Crippen MR) is 318 cm³/mol. The molecule has 2 unspecified atom stereocenters. The standard InChI is InChI=1S/C66H108N6O10/c1-37(45-19-21-47-59-49(35-55(77)65(45,47)5)63(3)27-25-43(73)31-39(63)33-53(59)75)13-23-57(79)71-51(11-7-9-29-67)61(81)69-41-15-17-42(18-16-41)70-62(82)52(12-8-10-30-68)72-58(80)24-14-38(2)46-20-22-48-60-50(36-56(78)66(46,48)6)64(4)28-26-44(74)32-40(64)34-54(60)76/h15-18,37-40,43-56,59-60,73-78H,7-14,19-36,67-68H2,1-6H3,(H,69,81)(H,70,82)(H,71,79)(H,72,80)/t37-,38-,39+,40+,43-,44-,45-,46-,47+,48+,49+,50+,51?,52?,53-,54-,55+,56+,59+,60+,63+,64+,65-,66-/m1/s1. The Labute approximate surface area is 490 Å². The number of nitrogens with two attached hydrogens (primary N) is 2. The molecule has 0 spiro atoms. The fraction of sp³-hybridized carbons (Fsp3) is 0.848. The third kappa shape index (κ3) is 12.4. The fourth-order valence-corrected chi connectivity index (χ4v) is 20.5. The van der Waals surface area contributed by atoms with Crippen LogP contribution in [0.4, 0.5) is 11.4 Å². The zero-order chi connectivity index (χ0) is 59.1. The molecule has 0 radical (unpaired) electrons. The van der Waals surface area contributed by atoms with Gasteiger partial charge in [0.2, 0.25) is 23.6 Å². The minimum Gasteiger partial charge on any atom is -0.393 e. The molecule has 4 amide bonds. The molecule has 8 aliphatic carbocycles. The number of aliphatic hydroxyl groups excluding tert-OH is 6. The molecule has 9 rings (SSSR count). The Bertz CT molecular complexity index is 2200. The van der Waals surface area contributed by atoms with Crippen molar-refractivity contribution in [3.63, 3.8) is 0 Å². The zero-order valence-electron chi connectivity index (χ0n) is 50.7. The van der Waals surface area contributed by atoms with Crippen LogP contribution in [0.3, 0.4) is 0 Å². The molecule has 0 aliphatic heterocycles. The lowest BCUT2D eigenvalue weighted by molar-refractivity contribution is -0.207. The molecule has 0 saturated heterocycles. The van der Waals surface area contributed by atoms with E-state index in [0.29, 0.717) is 102 Å². The summed E-state index contributed by atoms with van der Waals surface area (Å²) in [6, 6.07) is 5.21. The minimum atomic E-state index is -0.792. The number of hydrogen-bond donors (Lipinski definition) is 12. The first-order valence-electron chi connectivity index (χ1n) is 32.8. The first-order valence-corrected chi connectivity index (χ1v) is 32.8. The molecular weight excluding hydrogens is 1040 g/mol. The molecule has 1 aromatic carbocycles. The summed E-state index contributed by atoms with van der Waals surface area (Å²) in [4.78, 5) is 55.3. The monoisotopic (exact) mass is 1140 g/mol. The summed E-state index contributed by atoms with van der Waals surface area (Å²) in [5.74, 6) is 1.10. The number of anilines is 2. The number of hydrogen-bond acceptors (Lipinski definition) is 12. The molecular formula is C66H108N6O10. The summed E-state index contributed by atoms with van der Waals surface area (Å²) >= 11 is 0. The van der Waals surface area contributed by atoms with Crippen molar-refractivity contribution in [1.29, 1.82) is 0 Å². The third-order valence-electron chi connectivity index (χ3n) is 25.3. The molecule has 8 saturated carbocycles. The zero-order valence-corrected chi connectivity index (χ0v) is 50.7. The molecule has 24 atom stereocenters. The number of nitrogens with one attached hydrogen (secondary N) is 4. The molecule has 0 aromatic heterocycles. The number of amides is 4. The molecule has 16 nitrogen and oxygen atoms in total. The van der Waals surface area contributed by atoms with E-state index in [0.717, 1.165) is 64.2 Å². The van der Waals surface area contributed by atoms with Crippen LogP contribution in [0.2, 0.25) is 0 Å². The maximum atomic E-state index is 13.9. The Hall–Kier alpha value is -3.22. The first-order chi connectivity index (χ1) is 39.0. The average Bonchev–Trinajstić information content (AvgIpc) is 2.50. The van der Waals surface area contributed by atoms with Gasteiger partial charge in [0.25, 0.3) is 0 Å². The van der Waals surface area contributed by atoms with Crippen molar-refractivity contribution in [1.82, 2.24) is 10.6 Å². The normalized spacial score (nSPS) is 41.6. The highest BCUT2D eigenvalue weighted by Crippen LogP contribution is 2.70. The van der Waals surface area contributed by atoms with Crippen molar-refractivity contribution in [2.75, 3.05) is 23.7 Å². The second-order valence-electron chi connectivity index (χ2n) is 29.4. The smallest absolute Gasteiger partial charge is 0.246 e. The summed E-state index contributed by atoms with van der Waals surface area (Å²) in [5.41, 5.74) is 11.9. The number of aliphatic hydroxyl groups is 6. The van der Waals surface area contributed by atoms with Gasteiger partial charge in [0.05, 0.1) is 36.6 Å². The Morgan fingerprint density at radius 1 is 0.512 bits per heavy atom. The lowest BCUT2D eigenvalue weighted by Gasteiger charge is -2.63. The van der Waals surface area contributed by atoms with Crippen molar-refractivity contribution >= 4 is 35.0 Å². The van der Waals surface area contributed by atoms with E-state index in [4.69, 9.17) is 11.5 Å². The molecule has 8 aliphatic rings. The molecule has 8 fully saturated rings. The Morgan fingerprint density at radius 3 is 1.26 bits per heavy atom. The number of rotatable bonds is 22. The van der Waals surface area contributed by atoms with Crippen LogP contribution >= 0.6 is 0 Å². The second kappa shape index (κ2) is 26.0. The van der Waals surface area contributed by atoms with Crippen LogP contribution in [0, 0.1) is 92.7 Å². The van der Waals surface area contributed by atoms with Crippen LogP contribution < -0.4 is 32.7 Å². The van der Waals surface area contributed by atoms with Gasteiger partial charge in [-0.15, -0.1) is 0 Å². The largest absolute Gasteiger partial charge is 0.393 e. The van der Waals surface area contributed by atoms with Crippen LogP contribution in [-0.2, 0) is 19.2 Å². The van der Waals surface area contributed by atoms with Gasteiger partial charge in [0, 0.05) is 24.2 Å². The van der Waals surface area contributed by atoms with Crippen molar-refractivity contribution in [2.45, 2.75) is 244 Å². The van der Waals surface area contributed by atoms with Crippen molar-refractivity contribution in [3.8, 4) is 0 Å². The maximum absolute atomic E-state index is 13.9. The predicted octanol–water partition coefficient (Wildman–Crippen LogP) is 7.55. The van der Waals surface area contributed by atoms with Crippen LogP contribution in [0.5, 0.6) is 0 Å². The van der Waals surface area contributed by atoms with Gasteiger partial charge in [-0.2, -0.15) is 0 Å². The molecule has 462 valence electrons. The number of benzene rings is 1. The average molecular weight is 1150 g/mol. The topological polar surface area (TPSA) is 290 Å². The highest BCUT2D eigenvalue weighted by Gasteiger charge is 2.67. The number of carbonyl (C=O) groups is 4. The SMILES string of the molecule is C[C@H](CCC(=O)NC(CCCCN)C(=O)Nc1ccc(NC(=O)C(CCCCN)NC(=O)CC[C@@H](C)[C@H]2CC[C@H]3[C@@H]4[C@H](O)C[C@@H]5C[C@H](O)CC[C@]5(C)[C@H]4C[C@H](O)[C@]23C)cc1)[C@H]1CC[C@H]2[C@@H]3[C@H](O)C[C@@H]4C[C@H](O)CC[C@]4(C)[C@H]3C[C@H](O)[C@]12C. The van der Waals surface area contributed by atoms with Gasteiger partial charge >= 0.3 is 0 Å². The summed E-state index contributed by atoms with van der Waals surface area (Å²) < 4.78 is 0. The van der Waals surface area contributed by atoms with Gasteiger partial charge in [0.15, 0.2) is 0 Å². The van der Waals surface area contributed by atoms with Gasteiger partial charge in [0.1, 0.15) is 12.1 Å².